The van der Waals surface area contributed by atoms with Crippen molar-refractivity contribution in [2.75, 3.05) is 26.3 Å². The molecule has 0 bridgehead atoms. The van der Waals surface area contributed by atoms with E-state index in [4.69, 9.17) is 4.74 Å². The highest BCUT2D eigenvalue weighted by atomic mass is 32.2. The number of sulfonamides is 1. The fourth-order valence-electron chi connectivity index (χ4n) is 4.68. The van der Waals surface area contributed by atoms with Crippen molar-refractivity contribution < 1.29 is 23.4 Å². The summed E-state index contributed by atoms with van der Waals surface area (Å²) in [5, 5.41) is 23.7. The zero-order valence-corrected chi connectivity index (χ0v) is 21.6. The number of aliphatic hydroxyl groups is 2. The number of H-pyrrole nitrogens is 1. The van der Waals surface area contributed by atoms with E-state index in [0.29, 0.717) is 54.2 Å². The standard InChI is InChI=1S/C24H33N5O6S/c1-4-6-21-25-15(3)22-24(32)26-23(27-29(21)22)18-13-17(7-8-20(18)35-5-2)36(33,34)28-11-9-16(10-12-28)19(31)14-30/h7-8,13,16,19,30-31H,4-6,9-12,14H2,1-3H3,(H,26,27,32). The number of aromatic amines is 1. The average molecular weight is 520 g/mol. The molecule has 1 saturated heterocycles. The summed E-state index contributed by atoms with van der Waals surface area (Å²) in [6.45, 7) is 6.07. The molecule has 0 amide bonds. The van der Waals surface area contributed by atoms with E-state index in [-0.39, 0.29) is 41.9 Å². The monoisotopic (exact) mass is 519 g/mol. The van der Waals surface area contributed by atoms with Gasteiger partial charge in [0.15, 0.2) is 11.3 Å². The van der Waals surface area contributed by atoms with Crippen LogP contribution in [0.3, 0.4) is 0 Å². The first-order chi connectivity index (χ1) is 17.2. The van der Waals surface area contributed by atoms with E-state index in [1.807, 2.05) is 13.8 Å². The predicted octanol–water partition coefficient (Wildman–Crippen LogP) is 1.50. The molecule has 1 unspecified atom stereocenters. The number of rotatable bonds is 9. The van der Waals surface area contributed by atoms with Gasteiger partial charge >= 0.3 is 0 Å². The normalized spacial score (nSPS) is 16.5. The van der Waals surface area contributed by atoms with E-state index in [1.165, 1.54) is 21.0 Å². The Hall–Kier alpha value is -2.80. The van der Waals surface area contributed by atoms with Crippen molar-refractivity contribution in [3.63, 3.8) is 0 Å². The Morgan fingerprint density at radius 1 is 1.25 bits per heavy atom. The smallest absolute Gasteiger partial charge is 0.277 e. The van der Waals surface area contributed by atoms with E-state index in [1.54, 1.807) is 13.0 Å². The number of fused-ring (bicyclic) bond motifs is 1. The lowest BCUT2D eigenvalue weighted by Crippen LogP contribution is -2.41. The summed E-state index contributed by atoms with van der Waals surface area (Å²) >= 11 is 0. The van der Waals surface area contributed by atoms with Crippen LogP contribution in [-0.4, -0.2) is 74.9 Å². The van der Waals surface area contributed by atoms with Gasteiger partial charge in [0.05, 0.1) is 35.5 Å². The molecule has 1 aromatic carbocycles. The Bertz CT molecular complexity index is 1390. The molecule has 1 atom stereocenters. The minimum atomic E-state index is -3.85. The molecule has 0 radical (unpaired) electrons. The molecule has 4 rings (SSSR count). The summed E-state index contributed by atoms with van der Waals surface area (Å²) in [4.78, 5) is 20.3. The molecule has 0 saturated carbocycles. The number of piperidine rings is 1. The van der Waals surface area contributed by atoms with Crippen LogP contribution >= 0.6 is 0 Å². The SMILES string of the molecule is CCCc1nc(C)c2c(=O)[nH]c(-c3cc(S(=O)(=O)N4CCC(C(O)CO)CC4)ccc3OCC)nn12. The number of imidazole rings is 1. The molecule has 1 fully saturated rings. The molecular formula is C24H33N5O6S. The summed E-state index contributed by atoms with van der Waals surface area (Å²) < 4.78 is 35.6. The van der Waals surface area contributed by atoms with Crippen molar-refractivity contribution in [1.82, 2.24) is 23.9 Å². The van der Waals surface area contributed by atoms with Gasteiger partial charge < -0.3 is 19.9 Å². The number of aryl methyl sites for hydroxylation is 2. The molecule has 3 aromatic rings. The first-order valence-corrected chi connectivity index (χ1v) is 13.7. The Morgan fingerprint density at radius 3 is 2.61 bits per heavy atom. The molecule has 11 nitrogen and oxygen atoms in total. The van der Waals surface area contributed by atoms with Crippen LogP contribution in [0.2, 0.25) is 0 Å². The molecule has 36 heavy (non-hydrogen) atoms. The van der Waals surface area contributed by atoms with Crippen LogP contribution in [0.25, 0.3) is 16.9 Å². The maximum Gasteiger partial charge on any atom is 0.277 e. The molecular weight excluding hydrogens is 486 g/mol. The van der Waals surface area contributed by atoms with Crippen molar-refractivity contribution in [2.45, 2.75) is 57.5 Å². The third kappa shape index (κ3) is 4.90. The number of benzene rings is 1. The third-order valence-corrected chi connectivity index (χ3v) is 8.48. The van der Waals surface area contributed by atoms with Gasteiger partial charge in [0.1, 0.15) is 11.6 Å². The number of hydrogen-bond acceptors (Lipinski definition) is 8. The van der Waals surface area contributed by atoms with Crippen molar-refractivity contribution in [3.8, 4) is 17.1 Å². The number of nitrogens with zero attached hydrogens (tertiary/aromatic N) is 4. The quantitative estimate of drug-likeness (QED) is 0.385. The lowest BCUT2D eigenvalue weighted by molar-refractivity contribution is 0.0278. The lowest BCUT2D eigenvalue weighted by Gasteiger charge is -2.33. The molecule has 0 aliphatic carbocycles. The summed E-state index contributed by atoms with van der Waals surface area (Å²) in [5.74, 6) is 1.10. The highest BCUT2D eigenvalue weighted by Gasteiger charge is 2.32. The zero-order valence-electron chi connectivity index (χ0n) is 20.8. The second-order valence-electron chi connectivity index (χ2n) is 9.01. The maximum atomic E-state index is 13.5. The number of ether oxygens (including phenoxy) is 1. The van der Waals surface area contributed by atoms with Crippen LogP contribution in [-0.2, 0) is 16.4 Å². The first-order valence-electron chi connectivity index (χ1n) is 12.3. The second kappa shape index (κ2) is 10.7. The second-order valence-corrected chi connectivity index (χ2v) is 10.9. The van der Waals surface area contributed by atoms with Gasteiger partial charge in [-0.1, -0.05) is 6.92 Å². The van der Waals surface area contributed by atoms with E-state index in [2.05, 4.69) is 15.1 Å². The van der Waals surface area contributed by atoms with Crippen LogP contribution in [0, 0.1) is 12.8 Å². The molecule has 196 valence electrons. The number of hydrogen-bond donors (Lipinski definition) is 3. The Labute approximate surface area is 209 Å². The maximum absolute atomic E-state index is 13.5. The van der Waals surface area contributed by atoms with Crippen molar-refractivity contribution in [1.29, 1.82) is 0 Å². The Balaban J connectivity index is 1.76. The van der Waals surface area contributed by atoms with Crippen LogP contribution < -0.4 is 10.3 Å². The van der Waals surface area contributed by atoms with Crippen molar-refractivity contribution in [3.05, 3.63) is 40.1 Å². The Morgan fingerprint density at radius 2 is 1.97 bits per heavy atom. The van der Waals surface area contributed by atoms with Gasteiger partial charge in [0.2, 0.25) is 10.0 Å². The van der Waals surface area contributed by atoms with E-state index in [9.17, 15) is 23.4 Å². The highest BCUT2D eigenvalue weighted by molar-refractivity contribution is 7.89. The topological polar surface area (TPSA) is 150 Å². The van der Waals surface area contributed by atoms with Gasteiger partial charge in [0, 0.05) is 19.5 Å². The van der Waals surface area contributed by atoms with Crippen LogP contribution in [0.5, 0.6) is 5.75 Å². The summed E-state index contributed by atoms with van der Waals surface area (Å²) in [6.07, 6.45) is 1.52. The highest BCUT2D eigenvalue weighted by Crippen LogP contribution is 2.33. The first kappa shape index (κ1) is 26.3. The molecule has 3 heterocycles. The molecule has 0 spiro atoms. The van der Waals surface area contributed by atoms with E-state index >= 15 is 0 Å². The summed E-state index contributed by atoms with van der Waals surface area (Å²) in [5.41, 5.74) is 0.926. The van der Waals surface area contributed by atoms with Gasteiger partial charge in [-0.3, -0.25) is 4.79 Å². The molecule has 3 N–H and O–H groups in total. The van der Waals surface area contributed by atoms with Gasteiger partial charge in [-0.05, 0) is 57.2 Å². The number of nitrogens with one attached hydrogen (secondary N) is 1. The fraction of sp³-hybridized carbons (Fsp3) is 0.542. The molecule has 12 heteroatoms. The largest absolute Gasteiger partial charge is 0.493 e. The van der Waals surface area contributed by atoms with Gasteiger partial charge in [0.25, 0.3) is 5.56 Å². The Kier molecular flexibility index (Phi) is 7.79. The summed E-state index contributed by atoms with van der Waals surface area (Å²) in [7, 11) is -3.85. The lowest BCUT2D eigenvalue weighted by atomic mass is 9.93. The van der Waals surface area contributed by atoms with Crippen molar-refractivity contribution in [2.24, 2.45) is 5.92 Å². The average Bonchev–Trinajstić information content (AvgIpc) is 3.19. The molecule has 2 aromatic heterocycles. The van der Waals surface area contributed by atoms with E-state index in [0.717, 1.165) is 6.42 Å². The number of aromatic nitrogens is 4. The van der Waals surface area contributed by atoms with E-state index < -0.39 is 16.1 Å². The minimum absolute atomic E-state index is 0.0560. The van der Waals surface area contributed by atoms with Crippen LogP contribution in [0.15, 0.2) is 27.9 Å². The predicted molar refractivity (Wildman–Crippen MR) is 134 cm³/mol. The third-order valence-electron chi connectivity index (χ3n) is 6.59. The number of aliphatic hydroxyl groups excluding tert-OH is 2. The minimum Gasteiger partial charge on any atom is -0.493 e. The fourth-order valence-corrected chi connectivity index (χ4v) is 6.17. The van der Waals surface area contributed by atoms with Gasteiger partial charge in [-0.25, -0.2) is 17.9 Å². The van der Waals surface area contributed by atoms with Gasteiger partial charge in [-0.15, -0.1) is 5.10 Å². The van der Waals surface area contributed by atoms with Crippen molar-refractivity contribution >= 4 is 15.5 Å². The van der Waals surface area contributed by atoms with Gasteiger partial charge in [-0.2, -0.15) is 4.31 Å². The molecule has 1 aliphatic heterocycles. The van der Waals surface area contributed by atoms with Crippen LogP contribution in [0.4, 0.5) is 0 Å². The summed E-state index contributed by atoms with van der Waals surface area (Å²) in [6, 6.07) is 4.53. The zero-order chi connectivity index (χ0) is 26.0. The molecule has 1 aliphatic rings. The van der Waals surface area contributed by atoms with Crippen LogP contribution in [0.1, 0.15) is 44.6 Å².